The van der Waals surface area contributed by atoms with E-state index >= 15 is 0 Å². The molecular formula is C14H17ClN4O. The lowest BCUT2D eigenvalue weighted by molar-refractivity contribution is 0.815. The third kappa shape index (κ3) is 3.74. The molecule has 0 bridgehead atoms. The van der Waals surface area contributed by atoms with Gasteiger partial charge in [-0.25, -0.2) is 5.10 Å². The number of benzene rings is 1. The summed E-state index contributed by atoms with van der Waals surface area (Å²) in [5.41, 5.74) is 1.37. The molecule has 0 saturated carbocycles. The molecule has 1 aromatic carbocycles. The van der Waals surface area contributed by atoms with E-state index in [1.165, 1.54) is 11.9 Å². The fourth-order valence-corrected chi connectivity index (χ4v) is 2.02. The minimum atomic E-state index is -0.377. The van der Waals surface area contributed by atoms with Crippen LogP contribution in [-0.4, -0.2) is 30.3 Å². The summed E-state index contributed by atoms with van der Waals surface area (Å²) in [7, 11) is 2.05. The maximum atomic E-state index is 11.3. The molecule has 106 valence electrons. The predicted octanol–water partition coefficient (Wildman–Crippen LogP) is 2.36. The molecule has 0 fully saturated rings. The highest BCUT2D eigenvalue weighted by Crippen LogP contribution is 2.14. The quantitative estimate of drug-likeness (QED) is 0.803. The number of nitrogens with one attached hydrogen (secondary N) is 2. The first-order valence-electron chi connectivity index (χ1n) is 6.41. The number of nitrogens with zero attached hydrogens (tertiary/aromatic N) is 2. The Morgan fingerprint density at radius 1 is 1.35 bits per heavy atom. The minimum Gasteiger partial charge on any atom is -0.382 e. The SMILES string of the molecule is CN(CCCNc1cn[nH]c(=O)c1Cl)c1ccccc1. The second-order valence-corrected chi connectivity index (χ2v) is 4.84. The third-order valence-corrected chi connectivity index (χ3v) is 3.35. The number of hydrogen-bond donors (Lipinski definition) is 2. The first-order chi connectivity index (χ1) is 9.68. The van der Waals surface area contributed by atoms with Crippen LogP contribution >= 0.6 is 11.6 Å². The molecule has 0 aliphatic heterocycles. The van der Waals surface area contributed by atoms with E-state index in [0.29, 0.717) is 5.69 Å². The Kier molecular flexibility index (Phi) is 5.01. The van der Waals surface area contributed by atoms with Crippen LogP contribution in [0.15, 0.2) is 41.3 Å². The number of halogens is 1. The standard InChI is InChI=1S/C14H17ClN4O/c1-19(11-6-3-2-4-7-11)9-5-8-16-12-10-17-18-14(20)13(12)15/h2-4,6-7,10H,5,8-9H2,1H3,(H2,16,18,20). The van der Waals surface area contributed by atoms with Crippen molar-refractivity contribution in [2.75, 3.05) is 30.4 Å². The second kappa shape index (κ2) is 6.96. The zero-order valence-electron chi connectivity index (χ0n) is 11.3. The van der Waals surface area contributed by atoms with Gasteiger partial charge in [0.25, 0.3) is 5.56 Å². The van der Waals surface area contributed by atoms with Crippen LogP contribution in [0.5, 0.6) is 0 Å². The molecule has 0 radical (unpaired) electrons. The van der Waals surface area contributed by atoms with Gasteiger partial charge in [0.15, 0.2) is 0 Å². The summed E-state index contributed by atoms with van der Waals surface area (Å²) in [5, 5.41) is 9.26. The van der Waals surface area contributed by atoms with Gasteiger partial charge in [0.2, 0.25) is 0 Å². The molecule has 0 amide bonds. The lowest BCUT2D eigenvalue weighted by Crippen LogP contribution is -2.21. The van der Waals surface area contributed by atoms with Crippen molar-refractivity contribution < 1.29 is 0 Å². The highest BCUT2D eigenvalue weighted by Gasteiger charge is 2.04. The van der Waals surface area contributed by atoms with Gasteiger partial charge in [-0.2, -0.15) is 5.10 Å². The molecule has 0 atom stereocenters. The monoisotopic (exact) mass is 292 g/mol. The molecule has 2 N–H and O–H groups in total. The average molecular weight is 293 g/mol. The molecule has 0 spiro atoms. The number of aromatic nitrogens is 2. The number of rotatable bonds is 6. The van der Waals surface area contributed by atoms with Gasteiger partial charge in [-0.15, -0.1) is 0 Å². The van der Waals surface area contributed by atoms with Crippen LogP contribution in [0.2, 0.25) is 5.02 Å². The number of anilines is 2. The topological polar surface area (TPSA) is 61.0 Å². The van der Waals surface area contributed by atoms with Crippen LogP contribution in [0, 0.1) is 0 Å². The summed E-state index contributed by atoms with van der Waals surface area (Å²) in [6.45, 7) is 1.63. The van der Waals surface area contributed by atoms with E-state index in [-0.39, 0.29) is 10.6 Å². The molecule has 1 heterocycles. The van der Waals surface area contributed by atoms with E-state index in [9.17, 15) is 4.79 Å². The molecule has 0 aliphatic carbocycles. The zero-order valence-corrected chi connectivity index (χ0v) is 12.0. The Hall–Kier alpha value is -2.01. The Balaban J connectivity index is 1.79. The first kappa shape index (κ1) is 14.4. The van der Waals surface area contributed by atoms with E-state index in [4.69, 9.17) is 11.6 Å². The van der Waals surface area contributed by atoms with Gasteiger partial charge in [-0.1, -0.05) is 29.8 Å². The summed E-state index contributed by atoms with van der Waals surface area (Å²) < 4.78 is 0. The second-order valence-electron chi connectivity index (χ2n) is 4.46. The molecule has 2 aromatic rings. The van der Waals surface area contributed by atoms with Crippen molar-refractivity contribution in [1.29, 1.82) is 0 Å². The molecule has 0 unspecified atom stereocenters. The van der Waals surface area contributed by atoms with Crippen LogP contribution in [0.1, 0.15) is 6.42 Å². The molecule has 5 nitrogen and oxygen atoms in total. The van der Waals surface area contributed by atoms with Gasteiger partial charge in [0.05, 0.1) is 11.9 Å². The summed E-state index contributed by atoms with van der Waals surface area (Å²) in [4.78, 5) is 13.4. The van der Waals surface area contributed by atoms with Gasteiger partial charge in [0.1, 0.15) is 5.02 Å². The van der Waals surface area contributed by atoms with Crippen LogP contribution < -0.4 is 15.8 Å². The van der Waals surface area contributed by atoms with E-state index in [0.717, 1.165) is 19.5 Å². The summed E-state index contributed by atoms with van der Waals surface area (Å²) in [5.74, 6) is 0. The summed E-state index contributed by atoms with van der Waals surface area (Å²) in [6, 6.07) is 10.2. The average Bonchev–Trinajstić information content (AvgIpc) is 2.48. The van der Waals surface area contributed by atoms with Crippen LogP contribution in [0.25, 0.3) is 0 Å². The first-order valence-corrected chi connectivity index (χ1v) is 6.79. The van der Waals surface area contributed by atoms with Crippen molar-refractivity contribution in [1.82, 2.24) is 10.2 Å². The number of H-pyrrole nitrogens is 1. The smallest absolute Gasteiger partial charge is 0.285 e. The Bertz CT molecular complexity index is 600. The highest BCUT2D eigenvalue weighted by molar-refractivity contribution is 6.32. The maximum Gasteiger partial charge on any atom is 0.285 e. The van der Waals surface area contributed by atoms with Crippen molar-refractivity contribution in [3.05, 3.63) is 51.9 Å². The molecule has 2 rings (SSSR count). The fourth-order valence-electron chi connectivity index (χ4n) is 1.86. The lowest BCUT2D eigenvalue weighted by atomic mass is 10.3. The van der Waals surface area contributed by atoms with Crippen LogP contribution in [0.3, 0.4) is 0 Å². The number of para-hydroxylation sites is 1. The van der Waals surface area contributed by atoms with E-state index in [1.54, 1.807) is 0 Å². The van der Waals surface area contributed by atoms with Gasteiger partial charge in [0, 0.05) is 25.8 Å². The fraction of sp³-hybridized carbons (Fsp3) is 0.286. The van der Waals surface area contributed by atoms with Gasteiger partial charge < -0.3 is 10.2 Å². The summed E-state index contributed by atoms with van der Waals surface area (Å²) >= 11 is 5.87. The van der Waals surface area contributed by atoms with Gasteiger partial charge in [-0.05, 0) is 18.6 Å². The van der Waals surface area contributed by atoms with Crippen molar-refractivity contribution >= 4 is 23.0 Å². The Morgan fingerprint density at radius 3 is 2.85 bits per heavy atom. The van der Waals surface area contributed by atoms with E-state index < -0.39 is 0 Å². The highest BCUT2D eigenvalue weighted by atomic mass is 35.5. The molecular weight excluding hydrogens is 276 g/mol. The molecule has 6 heteroatoms. The van der Waals surface area contributed by atoms with Gasteiger partial charge >= 0.3 is 0 Å². The largest absolute Gasteiger partial charge is 0.382 e. The van der Waals surface area contributed by atoms with Crippen LogP contribution in [-0.2, 0) is 0 Å². The van der Waals surface area contributed by atoms with Crippen molar-refractivity contribution in [2.45, 2.75) is 6.42 Å². The minimum absolute atomic E-state index is 0.149. The zero-order chi connectivity index (χ0) is 14.4. The molecule has 20 heavy (non-hydrogen) atoms. The van der Waals surface area contributed by atoms with Crippen molar-refractivity contribution in [3.8, 4) is 0 Å². The van der Waals surface area contributed by atoms with Gasteiger partial charge in [-0.3, -0.25) is 4.79 Å². The van der Waals surface area contributed by atoms with Crippen molar-refractivity contribution in [3.63, 3.8) is 0 Å². The maximum absolute atomic E-state index is 11.3. The Labute approximate surface area is 122 Å². The normalized spacial score (nSPS) is 10.3. The molecule has 1 aromatic heterocycles. The number of hydrogen-bond acceptors (Lipinski definition) is 4. The van der Waals surface area contributed by atoms with E-state index in [1.807, 2.05) is 18.2 Å². The van der Waals surface area contributed by atoms with Crippen LogP contribution in [0.4, 0.5) is 11.4 Å². The van der Waals surface area contributed by atoms with Crippen molar-refractivity contribution in [2.24, 2.45) is 0 Å². The molecule has 0 aliphatic rings. The third-order valence-electron chi connectivity index (χ3n) is 2.98. The summed E-state index contributed by atoms with van der Waals surface area (Å²) in [6.07, 6.45) is 2.44. The number of aromatic amines is 1. The predicted molar refractivity (Wildman–Crippen MR) is 82.7 cm³/mol. The van der Waals surface area contributed by atoms with E-state index in [2.05, 4.69) is 39.6 Å². The molecule has 0 saturated heterocycles. The lowest BCUT2D eigenvalue weighted by Gasteiger charge is -2.19. The Morgan fingerprint density at radius 2 is 2.10 bits per heavy atom.